The summed E-state index contributed by atoms with van der Waals surface area (Å²) in [5.74, 6) is 0.578. The summed E-state index contributed by atoms with van der Waals surface area (Å²) in [7, 11) is 3.66. The van der Waals surface area contributed by atoms with E-state index in [2.05, 4.69) is 17.3 Å². The maximum Gasteiger partial charge on any atom is 0.253 e. The lowest BCUT2D eigenvalue weighted by Gasteiger charge is -2.32. The quantitative estimate of drug-likeness (QED) is 0.878. The molecule has 2 amide bonds. The average molecular weight is 367 g/mol. The van der Waals surface area contributed by atoms with E-state index in [1.807, 2.05) is 29.2 Å². The van der Waals surface area contributed by atoms with Crippen LogP contribution in [-0.4, -0.2) is 62.0 Å². The fourth-order valence-electron chi connectivity index (χ4n) is 3.08. The van der Waals surface area contributed by atoms with Crippen molar-refractivity contribution in [2.75, 3.05) is 40.3 Å². The summed E-state index contributed by atoms with van der Waals surface area (Å²) in [6, 6.07) is 14.4. The number of nitrogens with zero attached hydrogens (tertiary/aromatic N) is 2. The summed E-state index contributed by atoms with van der Waals surface area (Å²) < 4.78 is 5.29. The van der Waals surface area contributed by atoms with Crippen LogP contribution in [0.25, 0.3) is 0 Å². The van der Waals surface area contributed by atoms with E-state index < -0.39 is 0 Å². The van der Waals surface area contributed by atoms with Crippen LogP contribution in [0, 0.1) is 0 Å². The molecule has 0 spiro atoms. The third-order valence-electron chi connectivity index (χ3n) is 4.82. The van der Waals surface area contributed by atoms with Gasteiger partial charge in [0, 0.05) is 49.4 Å². The predicted octanol–water partition coefficient (Wildman–Crippen LogP) is 2.01. The Hall–Kier alpha value is -2.86. The van der Waals surface area contributed by atoms with Crippen molar-refractivity contribution < 1.29 is 14.3 Å². The molecule has 1 N–H and O–H groups in total. The standard InChI is InChI=1S/C21H25N3O3/c1-23-11-13-24(14-12-23)21(26)17-9-7-16(8-10-17)20(25)22-15-18-5-3-4-6-19(18)27-2/h3-10H,11-15H2,1-2H3,(H,22,25). The van der Waals surface area contributed by atoms with Crippen LogP contribution >= 0.6 is 0 Å². The zero-order valence-corrected chi connectivity index (χ0v) is 15.8. The fraction of sp³-hybridized carbons (Fsp3) is 0.333. The lowest BCUT2D eigenvalue weighted by atomic mass is 10.1. The van der Waals surface area contributed by atoms with Crippen LogP contribution in [0.15, 0.2) is 48.5 Å². The third kappa shape index (κ3) is 4.65. The van der Waals surface area contributed by atoms with Gasteiger partial charge in [-0.2, -0.15) is 0 Å². The Morgan fingerprint density at radius 2 is 1.59 bits per heavy atom. The molecule has 2 aromatic rings. The minimum absolute atomic E-state index is 0.0177. The van der Waals surface area contributed by atoms with Gasteiger partial charge in [0.2, 0.25) is 0 Å². The second kappa shape index (κ2) is 8.68. The molecule has 6 nitrogen and oxygen atoms in total. The summed E-state index contributed by atoms with van der Waals surface area (Å²) in [5, 5.41) is 2.89. The van der Waals surface area contributed by atoms with Crippen LogP contribution in [0.2, 0.25) is 0 Å². The number of hydrogen-bond donors (Lipinski definition) is 1. The van der Waals surface area contributed by atoms with E-state index in [0.717, 1.165) is 37.5 Å². The molecule has 0 atom stereocenters. The van der Waals surface area contributed by atoms with Crippen LogP contribution in [0.1, 0.15) is 26.3 Å². The highest BCUT2D eigenvalue weighted by Crippen LogP contribution is 2.17. The molecular formula is C21H25N3O3. The van der Waals surface area contributed by atoms with Gasteiger partial charge in [0.1, 0.15) is 5.75 Å². The maximum atomic E-state index is 12.6. The van der Waals surface area contributed by atoms with Gasteiger partial charge in [-0.3, -0.25) is 9.59 Å². The molecule has 2 aromatic carbocycles. The Labute approximate surface area is 159 Å². The Morgan fingerprint density at radius 3 is 2.26 bits per heavy atom. The molecule has 1 aliphatic heterocycles. The number of rotatable bonds is 5. The zero-order valence-electron chi connectivity index (χ0n) is 15.8. The molecule has 27 heavy (non-hydrogen) atoms. The number of methoxy groups -OCH3 is 1. The Kier molecular flexibility index (Phi) is 6.08. The molecule has 6 heteroatoms. The van der Waals surface area contributed by atoms with E-state index in [1.54, 1.807) is 31.4 Å². The summed E-state index contributed by atoms with van der Waals surface area (Å²) >= 11 is 0. The Balaban J connectivity index is 1.59. The SMILES string of the molecule is COc1ccccc1CNC(=O)c1ccc(C(=O)N2CCN(C)CC2)cc1. The van der Waals surface area contributed by atoms with Crippen LogP contribution in [-0.2, 0) is 6.54 Å². The molecule has 0 bridgehead atoms. The van der Waals surface area contributed by atoms with Crippen molar-refractivity contribution in [3.05, 3.63) is 65.2 Å². The fourth-order valence-corrected chi connectivity index (χ4v) is 3.08. The predicted molar refractivity (Wildman–Crippen MR) is 104 cm³/mol. The van der Waals surface area contributed by atoms with Gasteiger partial charge in [-0.15, -0.1) is 0 Å². The summed E-state index contributed by atoms with van der Waals surface area (Å²) in [6.07, 6.45) is 0. The molecule has 1 aliphatic rings. The summed E-state index contributed by atoms with van der Waals surface area (Å²) in [5.41, 5.74) is 2.05. The van der Waals surface area contributed by atoms with Gasteiger partial charge >= 0.3 is 0 Å². The molecule has 1 saturated heterocycles. The highest BCUT2D eigenvalue weighted by atomic mass is 16.5. The minimum atomic E-state index is -0.181. The minimum Gasteiger partial charge on any atom is -0.496 e. The molecule has 142 valence electrons. The van der Waals surface area contributed by atoms with Crippen LogP contribution < -0.4 is 10.1 Å². The number of carbonyl (C=O) groups excluding carboxylic acids is 2. The third-order valence-corrected chi connectivity index (χ3v) is 4.82. The van der Waals surface area contributed by atoms with Crippen LogP contribution in [0.5, 0.6) is 5.75 Å². The van der Waals surface area contributed by atoms with Crippen molar-refractivity contribution in [1.82, 2.24) is 15.1 Å². The van der Waals surface area contributed by atoms with Crippen molar-refractivity contribution in [3.63, 3.8) is 0 Å². The summed E-state index contributed by atoms with van der Waals surface area (Å²) in [4.78, 5) is 29.0. The first-order chi connectivity index (χ1) is 13.1. The van der Waals surface area contributed by atoms with Gasteiger partial charge in [-0.25, -0.2) is 0 Å². The lowest BCUT2D eigenvalue weighted by Crippen LogP contribution is -2.47. The molecule has 0 aromatic heterocycles. The molecular weight excluding hydrogens is 342 g/mol. The van der Waals surface area contributed by atoms with E-state index in [1.165, 1.54) is 0 Å². The van der Waals surface area contributed by atoms with Gasteiger partial charge in [0.15, 0.2) is 0 Å². The van der Waals surface area contributed by atoms with E-state index in [-0.39, 0.29) is 11.8 Å². The number of amides is 2. The molecule has 3 rings (SSSR count). The Bertz CT molecular complexity index is 797. The topological polar surface area (TPSA) is 61.9 Å². The van der Waals surface area contributed by atoms with Crippen LogP contribution in [0.4, 0.5) is 0 Å². The Morgan fingerprint density at radius 1 is 0.963 bits per heavy atom. The second-order valence-electron chi connectivity index (χ2n) is 6.67. The zero-order chi connectivity index (χ0) is 19.2. The highest BCUT2D eigenvalue weighted by Gasteiger charge is 2.20. The van der Waals surface area contributed by atoms with E-state index in [4.69, 9.17) is 4.74 Å². The highest BCUT2D eigenvalue weighted by molar-refractivity contribution is 5.97. The monoisotopic (exact) mass is 367 g/mol. The molecule has 1 fully saturated rings. The van der Waals surface area contributed by atoms with E-state index >= 15 is 0 Å². The van der Waals surface area contributed by atoms with Crippen molar-refractivity contribution in [3.8, 4) is 5.75 Å². The first-order valence-corrected chi connectivity index (χ1v) is 9.06. The van der Waals surface area contributed by atoms with Gasteiger partial charge in [0.05, 0.1) is 7.11 Å². The molecule has 0 unspecified atom stereocenters. The van der Waals surface area contributed by atoms with Gasteiger partial charge < -0.3 is 19.9 Å². The number of likely N-dealkylation sites (N-methyl/N-ethyl adjacent to an activating group) is 1. The molecule has 0 aliphatic carbocycles. The van der Waals surface area contributed by atoms with Crippen LogP contribution in [0.3, 0.4) is 0 Å². The smallest absolute Gasteiger partial charge is 0.253 e. The van der Waals surface area contributed by atoms with Crippen molar-refractivity contribution >= 4 is 11.8 Å². The first-order valence-electron chi connectivity index (χ1n) is 9.06. The number of hydrogen-bond acceptors (Lipinski definition) is 4. The first kappa shape index (κ1) is 18.9. The number of ether oxygens (including phenoxy) is 1. The van der Waals surface area contributed by atoms with Gasteiger partial charge in [-0.05, 0) is 37.4 Å². The number of piperazine rings is 1. The number of carbonyl (C=O) groups is 2. The molecule has 1 heterocycles. The molecule has 0 saturated carbocycles. The second-order valence-corrected chi connectivity index (χ2v) is 6.67. The van der Waals surface area contributed by atoms with Gasteiger partial charge in [0.25, 0.3) is 11.8 Å². The average Bonchev–Trinajstić information content (AvgIpc) is 2.72. The molecule has 0 radical (unpaired) electrons. The van der Waals surface area contributed by atoms with Crippen molar-refractivity contribution in [1.29, 1.82) is 0 Å². The van der Waals surface area contributed by atoms with Crippen molar-refractivity contribution in [2.24, 2.45) is 0 Å². The number of benzene rings is 2. The summed E-state index contributed by atoms with van der Waals surface area (Å²) in [6.45, 7) is 3.61. The normalized spacial score (nSPS) is 14.7. The lowest BCUT2D eigenvalue weighted by molar-refractivity contribution is 0.0663. The van der Waals surface area contributed by atoms with E-state index in [0.29, 0.717) is 17.7 Å². The van der Waals surface area contributed by atoms with Crippen molar-refractivity contribution in [2.45, 2.75) is 6.54 Å². The largest absolute Gasteiger partial charge is 0.496 e. The van der Waals surface area contributed by atoms with E-state index in [9.17, 15) is 9.59 Å². The van der Waals surface area contributed by atoms with Gasteiger partial charge in [-0.1, -0.05) is 18.2 Å². The number of para-hydroxylation sites is 1. The number of nitrogens with one attached hydrogen (secondary N) is 1. The maximum absolute atomic E-state index is 12.6.